The molecule has 0 unspecified atom stereocenters. The van der Waals surface area contributed by atoms with Crippen LogP contribution >= 0.6 is 11.3 Å². The zero-order chi connectivity index (χ0) is 26.8. The van der Waals surface area contributed by atoms with Crippen molar-refractivity contribution in [3.63, 3.8) is 0 Å². The van der Waals surface area contributed by atoms with Gasteiger partial charge in [0.05, 0.1) is 5.69 Å². The Morgan fingerprint density at radius 1 is 0.949 bits per heavy atom. The van der Waals surface area contributed by atoms with E-state index in [0.717, 1.165) is 57.4 Å². The van der Waals surface area contributed by atoms with Gasteiger partial charge in [0.25, 0.3) is 5.91 Å². The van der Waals surface area contributed by atoms with Crippen LogP contribution in [0.5, 0.6) is 0 Å². The average molecular weight is 534 g/mol. The molecule has 0 aliphatic carbocycles. The summed E-state index contributed by atoms with van der Waals surface area (Å²) in [6.07, 6.45) is 1.97. The summed E-state index contributed by atoms with van der Waals surface area (Å²) in [5, 5.41) is 7.55. The number of carbonyl (C=O) groups excluding carboxylic acids is 1. The second-order valence-corrected chi connectivity index (χ2v) is 11.3. The molecule has 0 saturated carbocycles. The number of amides is 1. The summed E-state index contributed by atoms with van der Waals surface area (Å²) >= 11 is 1.55. The Bertz CT molecular complexity index is 1610. The summed E-state index contributed by atoms with van der Waals surface area (Å²) in [7, 11) is 0. The predicted molar refractivity (Wildman–Crippen MR) is 160 cm³/mol. The van der Waals surface area contributed by atoms with E-state index < -0.39 is 0 Å². The lowest BCUT2D eigenvalue weighted by Gasteiger charge is -2.36. The molecule has 39 heavy (non-hydrogen) atoms. The van der Waals surface area contributed by atoms with Crippen LogP contribution in [0.25, 0.3) is 32.0 Å². The third-order valence-corrected chi connectivity index (χ3v) is 7.99. The number of nitrogens with one attached hydrogen (secondary N) is 2. The number of benzene rings is 3. The molecule has 0 bridgehead atoms. The van der Waals surface area contributed by atoms with Crippen molar-refractivity contribution in [1.29, 1.82) is 0 Å². The molecular formula is C32H31N5OS. The fourth-order valence-electron chi connectivity index (χ4n) is 5.34. The highest BCUT2D eigenvalue weighted by molar-refractivity contribution is 7.21. The van der Waals surface area contributed by atoms with Crippen molar-refractivity contribution in [2.45, 2.75) is 32.5 Å². The summed E-state index contributed by atoms with van der Waals surface area (Å²) in [4.78, 5) is 26.3. The maximum atomic E-state index is 13.3. The van der Waals surface area contributed by atoms with Gasteiger partial charge < -0.3 is 10.6 Å². The first-order valence-corrected chi connectivity index (χ1v) is 14.1. The van der Waals surface area contributed by atoms with Gasteiger partial charge in [-0.1, -0.05) is 65.9 Å². The van der Waals surface area contributed by atoms with E-state index in [9.17, 15) is 4.79 Å². The first kappa shape index (κ1) is 25.4. The Morgan fingerprint density at radius 3 is 2.51 bits per heavy atom. The lowest BCUT2D eigenvalue weighted by molar-refractivity contribution is 0.102. The Balaban J connectivity index is 1.23. The van der Waals surface area contributed by atoms with E-state index in [2.05, 4.69) is 35.4 Å². The number of nitrogens with zero attached hydrogens (tertiary/aromatic N) is 3. The van der Waals surface area contributed by atoms with Crippen molar-refractivity contribution >= 4 is 33.3 Å². The van der Waals surface area contributed by atoms with Gasteiger partial charge in [-0.3, -0.25) is 9.69 Å². The van der Waals surface area contributed by atoms with Gasteiger partial charge in [0.15, 0.2) is 0 Å². The number of piperazine rings is 1. The van der Waals surface area contributed by atoms with Crippen LogP contribution in [-0.2, 0) is 6.54 Å². The van der Waals surface area contributed by atoms with Crippen LogP contribution in [-0.4, -0.2) is 45.9 Å². The minimum atomic E-state index is -0.152. The van der Waals surface area contributed by atoms with Gasteiger partial charge in [-0.25, -0.2) is 9.97 Å². The summed E-state index contributed by atoms with van der Waals surface area (Å²) < 4.78 is 0. The fourth-order valence-corrected chi connectivity index (χ4v) is 6.27. The molecule has 6 nitrogen and oxygen atoms in total. The van der Waals surface area contributed by atoms with Crippen LogP contribution in [0.2, 0.25) is 0 Å². The van der Waals surface area contributed by atoms with Crippen LogP contribution in [0.15, 0.2) is 91.1 Å². The van der Waals surface area contributed by atoms with Crippen molar-refractivity contribution in [2.75, 3.05) is 18.4 Å². The number of carbonyl (C=O) groups is 1. The van der Waals surface area contributed by atoms with Gasteiger partial charge in [0.1, 0.15) is 15.4 Å². The monoisotopic (exact) mass is 533 g/mol. The molecule has 0 radical (unpaired) electrons. The summed E-state index contributed by atoms with van der Waals surface area (Å²) in [6.45, 7) is 7.36. The third-order valence-electron chi connectivity index (χ3n) is 6.98. The molecule has 5 aromatic rings. The van der Waals surface area contributed by atoms with Crippen LogP contribution in [0, 0.1) is 0 Å². The molecule has 0 spiro atoms. The van der Waals surface area contributed by atoms with Gasteiger partial charge in [0.2, 0.25) is 0 Å². The largest absolute Gasteiger partial charge is 0.321 e. The minimum Gasteiger partial charge on any atom is -0.321 e. The second kappa shape index (κ2) is 11.1. The molecule has 3 heterocycles. The first-order chi connectivity index (χ1) is 19.0. The number of pyridine rings is 1. The maximum absolute atomic E-state index is 13.3. The Morgan fingerprint density at radius 2 is 1.69 bits per heavy atom. The van der Waals surface area contributed by atoms with E-state index in [-0.39, 0.29) is 5.91 Å². The van der Waals surface area contributed by atoms with Crippen molar-refractivity contribution in [1.82, 2.24) is 20.2 Å². The van der Waals surface area contributed by atoms with E-state index in [1.807, 2.05) is 85.1 Å². The van der Waals surface area contributed by atoms with Gasteiger partial charge in [-0.2, -0.15) is 0 Å². The van der Waals surface area contributed by atoms with Crippen LogP contribution < -0.4 is 10.6 Å². The number of hydrogen-bond donors (Lipinski definition) is 2. The predicted octanol–water partition coefficient (Wildman–Crippen LogP) is 6.46. The molecule has 2 aromatic heterocycles. The number of thiazole rings is 1. The summed E-state index contributed by atoms with van der Waals surface area (Å²) in [5.41, 5.74) is 6.37. The Kier molecular flexibility index (Phi) is 7.20. The SMILES string of the molecule is C[C@@H]1CN(Cc2cnc3sc(-c4ccccc4NC(=O)c4cccc(-c5ccccc5)c4)nc3c2)C[C@H](C)N1. The number of rotatable bonds is 6. The highest BCUT2D eigenvalue weighted by atomic mass is 32.1. The van der Waals surface area contributed by atoms with Gasteiger partial charge in [-0.15, -0.1) is 0 Å². The third kappa shape index (κ3) is 5.76. The lowest BCUT2D eigenvalue weighted by atomic mass is 10.0. The number of fused-ring (bicyclic) bond motifs is 1. The van der Waals surface area contributed by atoms with Crippen LogP contribution in [0.1, 0.15) is 29.8 Å². The maximum Gasteiger partial charge on any atom is 0.255 e. The molecule has 1 amide bonds. The van der Waals surface area contributed by atoms with E-state index in [1.54, 1.807) is 11.3 Å². The van der Waals surface area contributed by atoms with Crippen molar-refractivity contribution in [2.24, 2.45) is 0 Å². The second-order valence-electron chi connectivity index (χ2n) is 10.3. The highest BCUT2D eigenvalue weighted by Crippen LogP contribution is 2.34. The topological polar surface area (TPSA) is 70.2 Å². The number of aromatic nitrogens is 2. The van der Waals surface area contributed by atoms with Crippen LogP contribution in [0.4, 0.5) is 5.69 Å². The normalized spacial score (nSPS) is 17.8. The van der Waals surface area contributed by atoms with Gasteiger partial charge >= 0.3 is 0 Å². The number of anilines is 1. The average Bonchev–Trinajstić information content (AvgIpc) is 3.37. The molecule has 3 aromatic carbocycles. The van der Waals surface area contributed by atoms with E-state index >= 15 is 0 Å². The van der Waals surface area contributed by atoms with Gasteiger partial charge in [0, 0.05) is 49.0 Å². The molecule has 7 heteroatoms. The molecule has 1 fully saturated rings. The molecule has 6 rings (SSSR count). The van der Waals surface area contributed by atoms with Crippen molar-refractivity contribution < 1.29 is 4.79 Å². The quantitative estimate of drug-likeness (QED) is 0.262. The standard InChI is InChI=1S/C32H31N5OS/c1-21-18-37(19-22(2)34-21)20-23-15-29-32(33-17-23)39-31(36-29)27-13-6-7-14-28(27)35-30(38)26-12-8-11-25(16-26)24-9-4-3-5-10-24/h3-17,21-22,34H,18-20H2,1-2H3,(H,35,38)/t21-,22+. The Hall–Kier alpha value is -3.91. The summed E-state index contributed by atoms with van der Waals surface area (Å²) in [6, 6.07) is 28.7. The van der Waals surface area contributed by atoms with Gasteiger partial charge in [-0.05, 0) is 60.9 Å². The summed E-state index contributed by atoms with van der Waals surface area (Å²) in [5.74, 6) is -0.152. The van der Waals surface area contributed by atoms with Crippen molar-refractivity contribution in [3.8, 4) is 21.7 Å². The van der Waals surface area contributed by atoms with E-state index in [4.69, 9.17) is 9.97 Å². The Labute approximate surface area is 232 Å². The molecule has 1 saturated heterocycles. The van der Waals surface area contributed by atoms with E-state index in [1.165, 1.54) is 5.56 Å². The molecule has 1 aliphatic heterocycles. The number of hydrogen-bond acceptors (Lipinski definition) is 6. The molecule has 2 N–H and O–H groups in total. The highest BCUT2D eigenvalue weighted by Gasteiger charge is 2.21. The molecule has 1 aliphatic rings. The van der Waals surface area contributed by atoms with E-state index in [0.29, 0.717) is 17.6 Å². The molecular weight excluding hydrogens is 502 g/mol. The zero-order valence-corrected chi connectivity index (χ0v) is 22.9. The zero-order valence-electron chi connectivity index (χ0n) is 22.1. The molecule has 2 atom stereocenters. The van der Waals surface area contributed by atoms with Crippen LogP contribution in [0.3, 0.4) is 0 Å². The number of para-hydroxylation sites is 1. The minimum absolute atomic E-state index is 0.152. The smallest absolute Gasteiger partial charge is 0.255 e. The molecule has 196 valence electrons. The fraction of sp³-hybridized carbons (Fsp3) is 0.219. The first-order valence-electron chi connectivity index (χ1n) is 13.3. The lowest BCUT2D eigenvalue weighted by Crippen LogP contribution is -2.53. The van der Waals surface area contributed by atoms with Crippen molar-refractivity contribution in [3.05, 3.63) is 102 Å².